The lowest BCUT2D eigenvalue weighted by Gasteiger charge is -2.35. The summed E-state index contributed by atoms with van der Waals surface area (Å²) in [6, 6.07) is 9.29. The Labute approximate surface area is 176 Å². The second-order valence-corrected chi connectivity index (χ2v) is 7.52. The number of pyridine rings is 1. The highest BCUT2D eigenvalue weighted by Gasteiger charge is 2.24. The van der Waals surface area contributed by atoms with Crippen molar-refractivity contribution in [1.29, 1.82) is 0 Å². The Morgan fingerprint density at radius 1 is 1.17 bits per heavy atom. The van der Waals surface area contributed by atoms with Crippen LogP contribution in [0, 0.1) is 6.92 Å². The van der Waals surface area contributed by atoms with Crippen LogP contribution in [-0.2, 0) is 0 Å². The van der Waals surface area contributed by atoms with Gasteiger partial charge in [-0.15, -0.1) is 0 Å². The lowest BCUT2D eigenvalue weighted by atomic mass is 10.1. The highest BCUT2D eigenvalue weighted by molar-refractivity contribution is 9.10. The molecule has 0 bridgehead atoms. The number of nitrogens with zero attached hydrogens (tertiary/aromatic N) is 5. The van der Waals surface area contributed by atoms with Gasteiger partial charge in [-0.05, 0) is 46.3 Å². The molecule has 150 valence electrons. The van der Waals surface area contributed by atoms with Crippen LogP contribution in [0.25, 0.3) is 11.4 Å². The fourth-order valence-corrected chi connectivity index (χ4v) is 3.64. The first kappa shape index (κ1) is 19.4. The number of carbonyl (C=O) groups excluding carboxylic acids is 1. The van der Waals surface area contributed by atoms with Crippen LogP contribution in [0.5, 0.6) is 5.75 Å². The van der Waals surface area contributed by atoms with Crippen LogP contribution >= 0.6 is 15.9 Å². The highest BCUT2D eigenvalue weighted by Crippen LogP contribution is 2.25. The van der Waals surface area contributed by atoms with Gasteiger partial charge < -0.3 is 19.1 Å². The van der Waals surface area contributed by atoms with Crippen molar-refractivity contribution in [3.63, 3.8) is 0 Å². The van der Waals surface area contributed by atoms with Crippen molar-refractivity contribution in [3.8, 4) is 17.1 Å². The zero-order valence-corrected chi connectivity index (χ0v) is 17.7. The fraction of sp³-hybridized carbons (Fsp3) is 0.300. The molecule has 1 fully saturated rings. The molecular formula is C20H20BrN5O3. The van der Waals surface area contributed by atoms with Crippen molar-refractivity contribution in [2.45, 2.75) is 6.92 Å². The van der Waals surface area contributed by atoms with E-state index >= 15 is 0 Å². The Balaban J connectivity index is 1.41. The first-order valence-electron chi connectivity index (χ1n) is 9.19. The summed E-state index contributed by atoms with van der Waals surface area (Å²) in [7, 11) is 1.59. The highest BCUT2D eigenvalue weighted by atomic mass is 79.9. The number of ether oxygens (including phenoxy) is 1. The number of methoxy groups -OCH3 is 1. The number of piperazine rings is 1. The topological polar surface area (TPSA) is 84.6 Å². The molecule has 3 aromatic rings. The van der Waals surface area contributed by atoms with Crippen LogP contribution in [0.3, 0.4) is 0 Å². The van der Waals surface area contributed by atoms with E-state index in [9.17, 15) is 4.79 Å². The van der Waals surface area contributed by atoms with Crippen LogP contribution in [0.1, 0.15) is 16.2 Å². The van der Waals surface area contributed by atoms with Crippen molar-refractivity contribution in [2.75, 3.05) is 38.2 Å². The van der Waals surface area contributed by atoms with E-state index < -0.39 is 0 Å². The molecule has 9 heteroatoms. The number of aromatic nitrogens is 3. The molecule has 1 amide bonds. The van der Waals surface area contributed by atoms with Gasteiger partial charge in [0.15, 0.2) is 0 Å². The molecule has 0 saturated carbocycles. The van der Waals surface area contributed by atoms with E-state index in [4.69, 9.17) is 9.26 Å². The summed E-state index contributed by atoms with van der Waals surface area (Å²) >= 11 is 3.46. The average Bonchev–Trinajstić information content (AvgIpc) is 3.20. The number of halogens is 1. The van der Waals surface area contributed by atoms with Gasteiger partial charge in [-0.25, -0.2) is 4.98 Å². The normalized spacial score (nSPS) is 14.2. The summed E-state index contributed by atoms with van der Waals surface area (Å²) in [5.74, 6) is 2.57. The van der Waals surface area contributed by atoms with E-state index in [1.54, 1.807) is 26.3 Å². The molecule has 0 atom stereocenters. The van der Waals surface area contributed by atoms with Crippen molar-refractivity contribution < 1.29 is 14.1 Å². The van der Waals surface area contributed by atoms with Gasteiger partial charge >= 0.3 is 0 Å². The van der Waals surface area contributed by atoms with E-state index in [1.807, 2.05) is 29.2 Å². The van der Waals surface area contributed by atoms with Crippen LogP contribution in [-0.4, -0.2) is 59.2 Å². The van der Waals surface area contributed by atoms with Gasteiger partial charge in [-0.3, -0.25) is 4.79 Å². The van der Waals surface area contributed by atoms with Crippen molar-refractivity contribution >= 4 is 27.7 Å². The number of carbonyl (C=O) groups is 1. The summed E-state index contributed by atoms with van der Waals surface area (Å²) in [6.45, 7) is 4.41. The predicted molar refractivity (Wildman–Crippen MR) is 111 cm³/mol. The molecule has 4 rings (SSSR count). The molecule has 0 radical (unpaired) electrons. The lowest BCUT2D eigenvalue weighted by Crippen LogP contribution is -2.49. The van der Waals surface area contributed by atoms with Gasteiger partial charge in [0.1, 0.15) is 11.6 Å². The number of amides is 1. The van der Waals surface area contributed by atoms with Gasteiger partial charge in [-0.1, -0.05) is 5.16 Å². The molecule has 1 saturated heterocycles. The van der Waals surface area contributed by atoms with Crippen molar-refractivity contribution in [1.82, 2.24) is 20.0 Å². The molecule has 0 aliphatic carbocycles. The Bertz CT molecular complexity index is 1010. The van der Waals surface area contributed by atoms with Crippen molar-refractivity contribution in [2.24, 2.45) is 0 Å². The Morgan fingerprint density at radius 2 is 1.97 bits per heavy atom. The number of anilines is 1. The summed E-state index contributed by atoms with van der Waals surface area (Å²) in [4.78, 5) is 25.7. The molecule has 0 spiro atoms. The number of benzene rings is 1. The van der Waals surface area contributed by atoms with Gasteiger partial charge in [-0.2, -0.15) is 4.98 Å². The molecule has 0 N–H and O–H groups in total. The molecule has 3 heterocycles. The smallest absolute Gasteiger partial charge is 0.255 e. The molecule has 1 aromatic carbocycles. The van der Waals surface area contributed by atoms with Crippen LogP contribution < -0.4 is 9.64 Å². The molecular weight excluding hydrogens is 438 g/mol. The Hall–Kier alpha value is -2.94. The quantitative estimate of drug-likeness (QED) is 0.594. The van der Waals surface area contributed by atoms with Crippen LogP contribution in [0.2, 0.25) is 0 Å². The minimum absolute atomic E-state index is 0.00814. The van der Waals surface area contributed by atoms with E-state index in [1.165, 1.54) is 0 Å². The molecule has 8 nitrogen and oxygen atoms in total. The van der Waals surface area contributed by atoms with Crippen LogP contribution in [0.4, 0.5) is 5.82 Å². The molecule has 0 unspecified atom stereocenters. The number of rotatable bonds is 4. The first-order valence-corrected chi connectivity index (χ1v) is 9.99. The maximum atomic E-state index is 12.9. The van der Waals surface area contributed by atoms with Gasteiger partial charge in [0.2, 0.25) is 11.7 Å². The zero-order valence-electron chi connectivity index (χ0n) is 16.1. The molecule has 29 heavy (non-hydrogen) atoms. The van der Waals surface area contributed by atoms with E-state index in [-0.39, 0.29) is 5.91 Å². The maximum absolute atomic E-state index is 12.9. The lowest BCUT2D eigenvalue weighted by molar-refractivity contribution is 0.0745. The third-order valence-corrected chi connectivity index (χ3v) is 5.52. The van der Waals surface area contributed by atoms with E-state index in [0.717, 1.165) is 15.9 Å². The van der Waals surface area contributed by atoms with Gasteiger partial charge in [0, 0.05) is 49.3 Å². The first-order chi connectivity index (χ1) is 14.0. The summed E-state index contributed by atoms with van der Waals surface area (Å²) in [5, 5.41) is 3.91. The SMILES string of the molecule is COc1ccc(Br)c(C(=O)N2CCN(c3ccc(-c4noc(C)n4)cn3)CC2)c1. The van der Waals surface area contributed by atoms with Crippen LogP contribution in [0.15, 0.2) is 45.5 Å². The zero-order chi connectivity index (χ0) is 20.4. The standard InChI is InChI=1S/C20H20BrN5O3/c1-13-23-19(24-29-13)14-3-6-18(22-12-14)25-7-9-26(10-8-25)20(27)16-11-15(28-2)4-5-17(16)21/h3-6,11-12H,7-10H2,1-2H3. The molecule has 1 aliphatic rings. The largest absolute Gasteiger partial charge is 0.497 e. The Kier molecular flexibility index (Phi) is 5.48. The number of hydrogen-bond acceptors (Lipinski definition) is 7. The van der Waals surface area contributed by atoms with E-state index in [0.29, 0.717) is 49.2 Å². The maximum Gasteiger partial charge on any atom is 0.255 e. The Morgan fingerprint density at radius 3 is 2.59 bits per heavy atom. The number of hydrogen-bond donors (Lipinski definition) is 0. The number of aryl methyl sites for hydroxylation is 1. The van der Waals surface area contributed by atoms with Gasteiger partial charge in [0.25, 0.3) is 5.91 Å². The minimum atomic E-state index is -0.00814. The third-order valence-electron chi connectivity index (χ3n) is 4.83. The molecule has 1 aliphatic heterocycles. The predicted octanol–water partition coefficient (Wildman–Crippen LogP) is 3.17. The van der Waals surface area contributed by atoms with Gasteiger partial charge in [0.05, 0.1) is 12.7 Å². The molecule has 2 aromatic heterocycles. The summed E-state index contributed by atoms with van der Waals surface area (Å²) in [6.07, 6.45) is 1.74. The summed E-state index contributed by atoms with van der Waals surface area (Å²) in [5.41, 5.74) is 1.41. The minimum Gasteiger partial charge on any atom is -0.497 e. The third kappa shape index (κ3) is 4.09. The monoisotopic (exact) mass is 457 g/mol. The second-order valence-electron chi connectivity index (χ2n) is 6.67. The average molecular weight is 458 g/mol. The van der Waals surface area contributed by atoms with Crippen molar-refractivity contribution in [3.05, 3.63) is 52.5 Å². The fourth-order valence-electron chi connectivity index (χ4n) is 3.23. The summed E-state index contributed by atoms with van der Waals surface area (Å²) < 4.78 is 11.0. The second kappa shape index (κ2) is 8.20. The van der Waals surface area contributed by atoms with E-state index in [2.05, 4.69) is 36.0 Å².